The van der Waals surface area contributed by atoms with Gasteiger partial charge in [-0.05, 0) is 24.3 Å². The van der Waals surface area contributed by atoms with Crippen molar-refractivity contribution < 1.29 is 19.3 Å². The minimum Gasteiger partial charge on any atom is -0.449 e. The maximum atomic E-state index is 11.4. The fourth-order valence-corrected chi connectivity index (χ4v) is 3.18. The molecule has 8 nitrogen and oxygen atoms in total. The predicted molar refractivity (Wildman–Crippen MR) is 118 cm³/mol. The van der Waals surface area contributed by atoms with Crippen LogP contribution in [0.15, 0.2) is 97.1 Å². The van der Waals surface area contributed by atoms with Gasteiger partial charge in [0.05, 0.1) is 9.85 Å². The van der Waals surface area contributed by atoms with Crippen molar-refractivity contribution in [2.75, 3.05) is 0 Å². The van der Waals surface area contributed by atoms with Crippen LogP contribution >= 0.6 is 0 Å². The minimum absolute atomic E-state index is 0.0991. The zero-order valence-corrected chi connectivity index (χ0v) is 16.6. The van der Waals surface area contributed by atoms with Crippen LogP contribution in [-0.4, -0.2) is 9.85 Å². The molecule has 0 bridgehead atoms. The Hall–Kier alpha value is -4.72. The summed E-state index contributed by atoms with van der Waals surface area (Å²) in [5, 5.41) is 22.7. The van der Waals surface area contributed by atoms with Crippen LogP contribution in [0.25, 0.3) is 11.1 Å². The number of nitro benzene ring substituents is 2. The van der Waals surface area contributed by atoms with E-state index in [2.05, 4.69) is 0 Å². The van der Waals surface area contributed by atoms with Crippen molar-refractivity contribution in [3.63, 3.8) is 0 Å². The zero-order chi connectivity index (χ0) is 22.5. The second-order valence-electron chi connectivity index (χ2n) is 6.65. The molecule has 0 aliphatic carbocycles. The molecule has 0 unspecified atom stereocenters. The molecule has 0 aliphatic rings. The summed E-state index contributed by atoms with van der Waals surface area (Å²) >= 11 is 0. The van der Waals surface area contributed by atoms with Gasteiger partial charge in [0.15, 0.2) is 0 Å². The van der Waals surface area contributed by atoms with Crippen molar-refractivity contribution in [1.29, 1.82) is 0 Å². The number of para-hydroxylation sites is 6. The summed E-state index contributed by atoms with van der Waals surface area (Å²) in [6.45, 7) is 0. The Labute approximate surface area is 182 Å². The first-order valence-corrected chi connectivity index (χ1v) is 9.55. The summed E-state index contributed by atoms with van der Waals surface area (Å²) in [5.41, 5.74) is 0.901. The fourth-order valence-electron chi connectivity index (χ4n) is 3.18. The number of nitrogens with zero attached hydrogens (tertiary/aromatic N) is 2. The van der Waals surface area contributed by atoms with Gasteiger partial charge in [0.25, 0.3) is 0 Å². The monoisotopic (exact) mass is 428 g/mol. The van der Waals surface area contributed by atoms with E-state index in [9.17, 15) is 20.2 Å². The van der Waals surface area contributed by atoms with Crippen LogP contribution in [0.4, 0.5) is 11.4 Å². The van der Waals surface area contributed by atoms with E-state index < -0.39 is 9.85 Å². The van der Waals surface area contributed by atoms with Crippen LogP contribution in [0.2, 0.25) is 0 Å². The molecule has 4 aromatic rings. The highest BCUT2D eigenvalue weighted by Gasteiger charge is 2.20. The Kier molecular flexibility index (Phi) is 5.76. The van der Waals surface area contributed by atoms with E-state index in [1.807, 2.05) is 0 Å². The largest absolute Gasteiger partial charge is 0.449 e. The van der Waals surface area contributed by atoms with Gasteiger partial charge in [0.1, 0.15) is 11.5 Å². The van der Waals surface area contributed by atoms with E-state index in [0.717, 1.165) is 0 Å². The van der Waals surface area contributed by atoms with Crippen LogP contribution < -0.4 is 9.47 Å². The van der Waals surface area contributed by atoms with E-state index in [0.29, 0.717) is 22.6 Å². The zero-order valence-electron chi connectivity index (χ0n) is 16.6. The molecule has 32 heavy (non-hydrogen) atoms. The third-order valence-corrected chi connectivity index (χ3v) is 4.63. The summed E-state index contributed by atoms with van der Waals surface area (Å²) < 4.78 is 11.8. The van der Waals surface area contributed by atoms with Gasteiger partial charge in [-0.2, -0.15) is 0 Å². The molecule has 0 fully saturated rings. The van der Waals surface area contributed by atoms with Crippen LogP contribution in [0, 0.1) is 20.2 Å². The molecular weight excluding hydrogens is 412 g/mol. The molecule has 0 amide bonds. The van der Waals surface area contributed by atoms with Gasteiger partial charge < -0.3 is 9.47 Å². The molecule has 8 heteroatoms. The normalized spacial score (nSPS) is 10.4. The Morgan fingerprint density at radius 1 is 0.469 bits per heavy atom. The number of ether oxygens (including phenoxy) is 2. The fraction of sp³-hybridized carbons (Fsp3) is 0. The predicted octanol–water partition coefficient (Wildman–Crippen LogP) is 6.75. The standard InChI is InChI=1S/C24H16N2O6/c27-25(28)19-11-3-7-15-23(19)31-21-13-5-1-9-17(21)18-10-2-6-14-22(18)32-24-16-8-4-12-20(24)26(29)30/h1-16H. The number of benzene rings is 4. The Morgan fingerprint density at radius 3 is 1.16 bits per heavy atom. The summed E-state index contributed by atoms with van der Waals surface area (Å²) in [4.78, 5) is 21.7. The summed E-state index contributed by atoms with van der Waals surface area (Å²) in [5.74, 6) is 0.949. The molecule has 0 radical (unpaired) electrons. The van der Waals surface area contributed by atoms with Crippen molar-refractivity contribution in [3.8, 4) is 34.1 Å². The first-order chi connectivity index (χ1) is 15.5. The van der Waals surface area contributed by atoms with E-state index >= 15 is 0 Å². The molecule has 4 rings (SSSR count). The van der Waals surface area contributed by atoms with Crippen molar-refractivity contribution >= 4 is 11.4 Å². The highest BCUT2D eigenvalue weighted by molar-refractivity contribution is 5.77. The van der Waals surface area contributed by atoms with Gasteiger partial charge in [-0.15, -0.1) is 0 Å². The van der Waals surface area contributed by atoms with Crippen molar-refractivity contribution in [2.24, 2.45) is 0 Å². The van der Waals surface area contributed by atoms with Crippen molar-refractivity contribution in [1.82, 2.24) is 0 Å². The molecule has 0 aliphatic heterocycles. The van der Waals surface area contributed by atoms with E-state index in [-0.39, 0.29) is 22.9 Å². The number of rotatable bonds is 7. The van der Waals surface area contributed by atoms with E-state index in [1.165, 1.54) is 24.3 Å². The molecule has 0 atom stereocenters. The second kappa shape index (κ2) is 8.97. The summed E-state index contributed by atoms with van der Waals surface area (Å²) in [6, 6.07) is 26.2. The lowest BCUT2D eigenvalue weighted by Gasteiger charge is -2.15. The lowest BCUT2D eigenvalue weighted by molar-refractivity contribution is -0.385. The second-order valence-corrected chi connectivity index (χ2v) is 6.65. The summed E-state index contributed by atoms with van der Waals surface area (Å²) in [7, 11) is 0. The average Bonchev–Trinajstić information content (AvgIpc) is 2.80. The van der Waals surface area contributed by atoms with Gasteiger partial charge in [-0.1, -0.05) is 60.7 Å². The van der Waals surface area contributed by atoms with E-state index in [4.69, 9.17) is 9.47 Å². The molecular formula is C24H16N2O6. The van der Waals surface area contributed by atoms with Crippen molar-refractivity contribution in [3.05, 3.63) is 117 Å². The average molecular weight is 428 g/mol. The van der Waals surface area contributed by atoms with Gasteiger partial charge >= 0.3 is 11.4 Å². The third-order valence-electron chi connectivity index (χ3n) is 4.63. The first-order valence-electron chi connectivity index (χ1n) is 9.55. The van der Waals surface area contributed by atoms with Gasteiger partial charge in [-0.3, -0.25) is 20.2 Å². The minimum atomic E-state index is -0.510. The van der Waals surface area contributed by atoms with Gasteiger partial charge in [0.2, 0.25) is 11.5 Å². The van der Waals surface area contributed by atoms with Crippen molar-refractivity contribution in [2.45, 2.75) is 0 Å². The maximum Gasteiger partial charge on any atom is 0.311 e. The smallest absolute Gasteiger partial charge is 0.311 e. The highest BCUT2D eigenvalue weighted by Crippen LogP contribution is 2.42. The molecule has 0 saturated carbocycles. The maximum absolute atomic E-state index is 11.4. The number of hydrogen-bond donors (Lipinski definition) is 0. The lowest BCUT2D eigenvalue weighted by atomic mass is 10.0. The first kappa shape index (κ1) is 20.5. The van der Waals surface area contributed by atoms with Crippen LogP contribution in [0.5, 0.6) is 23.0 Å². The number of nitro groups is 2. The quantitative estimate of drug-likeness (QED) is 0.238. The Morgan fingerprint density at radius 2 is 0.781 bits per heavy atom. The molecule has 4 aromatic carbocycles. The van der Waals surface area contributed by atoms with Gasteiger partial charge in [0, 0.05) is 23.3 Å². The molecule has 0 heterocycles. The third kappa shape index (κ3) is 4.24. The molecule has 158 valence electrons. The van der Waals surface area contributed by atoms with Gasteiger partial charge in [-0.25, -0.2) is 0 Å². The van der Waals surface area contributed by atoms with Crippen LogP contribution in [-0.2, 0) is 0 Å². The van der Waals surface area contributed by atoms with E-state index in [1.54, 1.807) is 72.8 Å². The topological polar surface area (TPSA) is 105 Å². The van der Waals surface area contributed by atoms with Crippen LogP contribution in [0.3, 0.4) is 0 Å². The molecule has 0 aromatic heterocycles. The molecule has 0 spiro atoms. The SMILES string of the molecule is O=[N+]([O-])c1ccccc1Oc1ccccc1-c1ccccc1Oc1ccccc1[N+](=O)[O-]. The molecule has 0 N–H and O–H groups in total. The summed E-state index contributed by atoms with van der Waals surface area (Å²) in [6.07, 6.45) is 0. The van der Waals surface area contributed by atoms with Crippen LogP contribution in [0.1, 0.15) is 0 Å². The highest BCUT2D eigenvalue weighted by atomic mass is 16.6. The Balaban J connectivity index is 1.76. The Bertz CT molecular complexity index is 1200. The molecule has 0 saturated heterocycles. The lowest BCUT2D eigenvalue weighted by Crippen LogP contribution is -1.96. The number of hydrogen-bond acceptors (Lipinski definition) is 6.